The maximum atomic E-state index is 6.21. The molecule has 0 saturated carbocycles. The molecular formula is C14H14Cl2N2O. The third-order valence-electron chi connectivity index (χ3n) is 2.88. The van der Waals surface area contributed by atoms with E-state index in [1.807, 2.05) is 12.1 Å². The van der Waals surface area contributed by atoms with Crippen molar-refractivity contribution in [2.24, 2.45) is 5.73 Å². The molecule has 100 valence electrons. The van der Waals surface area contributed by atoms with E-state index in [4.69, 9.17) is 33.7 Å². The standard InChI is InChI=1S/C14H14Cl2N2O/c1-19-14-8-18-5-4-11(14)13(17)7-9-6-10(15)2-3-12(9)16/h2-6,8,13H,7,17H2,1H3. The third kappa shape index (κ3) is 3.38. The average molecular weight is 297 g/mol. The van der Waals surface area contributed by atoms with Gasteiger partial charge in [0.25, 0.3) is 0 Å². The summed E-state index contributed by atoms with van der Waals surface area (Å²) in [6.45, 7) is 0. The van der Waals surface area contributed by atoms with Crippen LogP contribution in [-0.2, 0) is 6.42 Å². The lowest BCUT2D eigenvalue weighted by Crippen LogP contribution is -2.15. The van der Waals surface area contributed by atoms with Gasteiger partial charge < -0.3 is 10.5 Å². The Kier molecular flexibility index (Phi) is 4.64. The molecule has 0 aliphatic carbocycles. The van der Waals surface area contributed by atoms with Crippen molar-refractivity contribution in [3.05, 3.63) is 57.8 Å². The first kappa shape index (κ1) is 14.1. The van der Waals surface area contributed by atoms with E-state index in [-0.39, 0.29) is 6.04 Å². The number of halogens is 2. The molecule has 2 rings (SSSR count). The van der Waals surface area contributed by atoms with Crippen LogP contribution in [0.2, 0.25) is 10.0 Å². The van der Waals surface area contributed by atoms with Crippen LogP contribution < -0.4 is 10.5 Å². The molecule has 0 spiro atoms. The molecule has 0 bridgehead atoms. The number of aromatic nitrogens is 1. The highest BCUT2D eigenvalue weighted by molar-refractivity contribution is 6.33. The Hall–Kier alpha value is -1.29. The van der Waals surface area contributed by atoms with Crippen LogP contribution in [0.4, 0.5) is 0 Å². The summed E-state index contributed by atoms with van der Waals surface area (Å²) in [6.07, 6.45) is 3.92. The van der Waals surface area contributed by atoms with Gasteiger partial charge in [0, 0.05) is 27.8 Å². The number of pyridine rings is 1. The van der Waals surface area contributed by atoms with E-state index < -0.39 is 0 Å². The zero-order valence-electron chi connectivity index (χ0n) is 10.4. The number of nitrogens with two attached hydrogens (primary N) is 1. The Morgan fingerprint density at radius 1 is 1.32 bits per heavy atom. The van der Waals surface area contributed by atoms with Crippen LogP contribution >= 0.6 is 23.2 Å². The first-order valence-corrected chi connectivity index (χ1v) is 6.55. The minimum atomic E-state index is -0.228. The molecule has 0 aliphatic heterocycles. The zero-order valence-corrected chi connectivity index (χ0v) is 11.9. The summed E-state index contributed by atoms with van der Waals surface area (Å²) in [5.41, 5.74) is 8.03. The van der Waals surface area contributed by atoms with E-state index in [9.17, 15) is 0 Å². The molecule has 0 amide bonds. The van der Waals surface area contributed by atoms with Gasteiger partial charge in [-0.05, 0) is 36.2 Å². The molecule has 1 aromatic carbocycles. The molecule has 0 fully saturated rings. The van der Waals surface area contributed by atoms with Crippen molar-refractivity contribution in [2.75, 3.05) is 7.11 Å². The first-order valence-electron chi connectivity index (χ1n) is 5.79. The fraction of sp³-hybridized carbons (Fsp3) is 0.214. The Labute approximate surface area is 122 Å². The quantitative estimate of drug-likeness (QED) is 0.937. The summed E-state index contributed by atoms with van der Waals surface area (Å²) in [5.74, 6) is 0.674. The van der Waals surface area contributed by atoms with Crippen LogP contribution in [0.25, 0.3) is 0 Å². The summed E-state index contributed by atoms with van der Waals surface area (Å²) in [6, 6.07) is 6.98. The zero-order chi connectivity index (χ0) is 13.8. The largest absolute Gasteiger partial charge is 0.495 e. The number of methoxy groups -OCH3 is 1. The van der Waals surface area contributed by atoms with Gasteiger partial charge in [-0.1, -0.05) is 23.2 Å². The molecule has 0 aliphatic rings. The molecule has 19 heavy (non-hydrogen) atoms. The van der Waals surface area contributed by atoms with Gasteiger partial charge in [0.2, 0.25) is 0 Å². The second kappa shape index (κ2) is 6.24. The lowest BCUT2D eigenvalue weighted by molar-refractivity contribution is 0.403. The molecule has 1 aromatic heterocycles. The van der Waals surface area contributed by atoms with Crippen LogP contribution in [0.1, 0.15) is 17.2 Å². The van der Waals surface area contributed by atoms with Crippen molar-refractivity contribution in [3.63, 3.8) is 0 Å². The van der Waals surface area contributed by atoms with Gasteiger partial charge in [0.05, 0.1) is 13.3 Å². The van der Waals surface area contributed by atoms with Crippen LogP contribution in [-0.4, -0.2) is 12.1 Å². The van der Waals surface area contributed by atoms with E-state index in [2.05, 4.69) is 4.98 Å². The number of nitrogens with zero attached hydrogens (tertiary/aromatic N) is 1. The van der Waals surface area contributed by atoms with Crippen molar-refractivity contribution < 1.29 is 4.74 Å². The van der Waals surface area contributed by atoms with E-state index in [0.29, 0.717) is 22.2 Å². The summed E-state index contributed by atoms with van der Waals surface area (Å²) in [5, 5.41) is 1.31. The summed E-state index contributed by atoms with van der Waals surface area (Å²) in [7, 11) is 1.60. The number of hydrogen-bond acceptors (Lipinski definition) is 3. The molecular weight excluding hydrogens is 283 g/mol. The van der Waals surface area contributed by atoms with Crippen molar-refractivity contribution in [1.29, 1.82) is 0 Å². The maximum Gasteiger partial charge on any atom is 0.141 e. The van der Waals surface area contributed by atoms with Crippen molar-refractivity contribution in [1.82, 2.24) is 4.98 Å². The highest BCUT2D eigenvalue weighted by Crippen LogP contribution is 2.28. The van der Waals surface area contributed by atoms with E-state index in [1.165, 1.54) is 0 Å². The van der Waals surface area contributed by atoms with Gasteiger partial charge in [-0.3, -0.25) is 4.98 Å². The smallest absolute Gasteiger partial charge is 0.141 e. The lowest BCUT2D eigenvalue weighted by Gasteiger charge is -2.16. The summed E-state index contributed by atoms with van der Waals surface area (Å²) >= 11 is 12.1. The molecule has 1 atom stereocenters. The van der Waals surface area contributed by atoms with Crippen molar-refractivity contribution in [2.45, 2.75) is 12.5 Å². The molecule has 2 N–H and O–H groups in total. The molecule has 0 radical (unpaired) electrons. The molecule has 3 nitrogen and oxygen atoms in total. The molecule has 0 saturated heterocycles. The predicted octanol–water partition coefficient (Wildman–Crippen LogP) is 3.64. The van der Waals surface area contributed by atoms with Crippen molar-refractivity contribution >= 4 is 23.2 Å². The number of ether oxygens (including phenoxy) is 1. The highest BCUT2D eigenvalue weighted by Gasteiger charge is 2.14. The third-order valence-corrected chi connectivity index (χ3v) is 3.49. The van der Waals surface area contributed by atoms with Crippen molar-refractivity contribution in [3.8, 4) is 5.75 Å². The highest BCUT2D eigenvalue weighted by atomic mass is 35.5. The minimum absolute atomic E-state index is 0.228. The predicted molar refractivity (Wildman–Crippen MR) is 77.9 cm³/mol. The Morgan fingerprint density at radius 2 is 2.11 bits per heavy atom. The van der Waals surface area contributed by atoms with Crippen LogP contribution in [0, 0.1) is 0 Å². The van der Waals surface area contributed by atoms with Crippen LogP contribution in [0.5, 0.6) is 5.75 Å². The van der Waals surface area contributed by atoms with E-state index in [1.54, 1.807) is 31.6 Å². The van der Waals surface area contributed by atoms with E-state index >= 15 is 0 Å². The molecule has 1 unspecified atom stereocenters. The average Bonchev–Trinajstić information content (AvgIpc) is 2.42. The minimum Gasteiger partial charge on any atom is -0.495 e. The monoisotopic (exact) mass is 296 g/mol. The Bertz CT molecular complexity index is 575. The number of benzene rings is 1. The normalized spacial score (nSPS) is 12.2. The summed E-state index contributed by atoms with van der Waals surface area (Å²) in [4.78, 5) is 4.01. The van der Waals surface area contributed by atoms with Gasteiger partial charge in [-0.25, -0.2) is 0 Å². The number of hydrogen-bond donors (Lipinski definition) is 1. The van der Waals surface area contributed by atoms with Gasteiger partial charge in [0.1, 0.15) is 5.75 Å². The topological polar surface area (TPSA) is 48.1 Å². The lowest BCUT2D eigenvalue weighted by atomic mass is 10.00. The van der Waals surface area contributed by atoms with E-state index in [0.717, 1.165) is 11.1 Å². The molecule has 5 heteroatoms. The van der Waals surface area contributed by atoms with Crippen LogP contribution in [0.15, 0.2) is 36.7 Å². The number of rotatable bonds is 4. The van der Waals surface area contributed by atoms with Gasteiger partial charge in [-0.2, -0.15) is 0 Å². The van der Waals surface area contributed by atoms with Gasteiger partial charge in [0.15, 0.2) is 0 Å². The maximum absolute atomic E-state index is 6.21. The molecule has 2 aromatic rings. The second-order valence-electron chi connectivity index (χ2n) is 4.16. The second-order valence-corrected chi connectivity index (χ2v) is 5.01. The summed E-state index contributed by atoms with van der Waals surface area (Å²) < 4.78 is 5.26. The first-order chi connectivity index (χ1) is 9.11. The van der Waals surface area contributed by atoms with Gasteiger partial charge >= 0.3 is 0 Å². The Balaban J connectivity index is 2.25. The van der Waals surface area contributed by atoms with Gasteiger partial charge in [-0.15, -0.1) is 0 Å². The van der Waals surface area contributed by atoms with Crippen LogP contribution in [0.3, 0.4) is 0 Å². The SMILES string of the molecule is COc1cnccc1C(N)Cc1cc(Cl)ccc1Cl. The Morgan fingerprint density at radius 3 is 2.84 bits per heavy atom. The molecule has 1 heterocycles. The fourth-order valence-corrected chi connectivity index (χ4v) is 2.30. The fourth-order valence-electron chi connectivity index (χ4n) is 1.91.